The largest absolute Gasteiger partial charge is 0.493 e. The topological polar surface area (TPSA) is 44.1 Å². The van der Waals surface area contributed by atoms with Crippen LogP contribution >= 0.6 is 23.2 Å². The molecule has 4 aromatic carbocycles. The molecular formula is C29H24Cl2N2O2. The first-order chi connectivity index (χ1) is 17.1. The molecule has 4 nitrogen and oxygen atoms in total. The molecule has 0 saturated heterocycles. The molecule has 6 heteroatoms. The Morgan fingerprint density at radius 1 is 0.743 bits per heavy atom. The minimum atomic E-state index is -0.0237. The SMILES string of the molecule is O=c1c2ccccc2nc(-c2ccc(Cl)cc2)n1CCCCCOc1ccc(Cl)c2ccccc12. The lowest BCUT2D eigenvalue weighted by Gasteiger charge is -2.14. The second kappa shape index (κ2) is 10.5. The van der Waals surface area contributed by atoms with Gasteiger partial charge in [0.1, 0.15) is 11.6 Å². The van der Waals surface area contributed by atoms with Crippen LogP contribution < -0.4 is 10.3 Å². The van der Waals surface area contributed by atoms with Gasteiger partial charge in [-0.1, -0.05) is 59.6 Å². The Balaban J connectivity index is 1.28. The monoisotopic (exact) mass is 502 g/mol. The molecule has 0 amide bonds. The lowest BCUT2D eigenvalue weighted by atomic mass is 10.1. The zero-order chi connectivity index (χ0) is 24.2. The van der Waals surface area contributed by atoms with Gasteiger partial charge in [0.15, 0.2) is 0 Å². The van der Waals surface area contributed by atoms with Crippen LogP contribution in [0.2, 0.25) is 10.0 Å². The summed E-state index contributed by atoms with van der Waals surface area (Å²) in [6.45, 7) is 1.18. The predicted octanol–water partition coefficient (Wildman–Crippen LogP) is 7.77. The second-order valence-corrected chi connectivity index (χ2v) is 9.26. The van der Waals surface area contributed by atoms with E-state index in [1.54, 1.807) is 4.57 Å². The Labute approximate surface area is 213 Å². The highest BCUT2D eigenvalue weighted by molar-refractivity contribution is 6.35. The van der Waals surface area contributed by atoms with Crippen LogP contribution in [0.5, 0.6) is 5.75 Å². The highest BCUT2D eigenvalue weighted by Crippen LogP contribution is 2.31. The van der Waals surface area contributed by atoms with Crippen LogP contribution in [0.4, 0.5) is 0 Å². The van der Waals surface area contributed by atoms with Crippen LogP contribution in [0.15, 0.2) is 89.7 Å². The van der Waals surface area contributed by atoms with Crippen LogP contribution in [0, 0.1) is 0 Å². The molecule has 5 rings (SSSR count). The van der Waals surface area contributed by atoms with Crippen molar-refractivity contribution in [2.45, 2.75) is 25.8 Å². The normalized spacial score (nSPS) is 11.3. The standard InChI is InChI=1S/C29H24Cl2N2O2/c30-21-14-12-20(13-15-21)28-32-26-11-5-4-10-24(26)29(34)33(28)18-6-1-7-19-35-27-17-16-25(31)22-8-2-3-9-23(22)27/h2-5,8-17H,1,6-7,18-19H2. The van der Waals surface area contributed by atoms with Gasteiger partial charge in [-0.05, 0) is 67.8 Å². The van der Waals surface area contributed by atoms with E-state index in [1.807, 2.05) is 84.9 Å². The fraction of sp³-hybridized carbons (Fsp3) is 0.172. The molecule has 1 heterocycles. The van der Waals surface area contributed by atoms with E-state index in [0.29, 0.717) is 34.9 Å². The van der Waals surface area contributed by atoms with E-state index < -0.39 is 0 Å². The third kappa shape index (κ3) is 5.04. The predicted molar refractivity (Wildman–Crippen MR) is 145 cm³/mol. The Bertz CT molecular complexity index is 1550. The van der Waals surface area contributed by atoms with Crippen molar-refractivity contribution in [2.24, 2.45) is 0 Å². The molecule has 0 spiro atoms. The van der Waals surface area contributed by atoms with Gasteiger partial charge in [-0.25, -0.2) is 4.98 Å². The van der Waals surface area contributed by atoms with Crippen molar-refractivity contribution in [3.05, 3.63) is 105 Å². The number of benzene rings is 4. The quantitative estimate of drug-likeness (QED) is 0.203. The number of nitrogens with zero attached hydrogens (tertiary/aromatic N) is 2. The Kier molecular flexibility index (Phi) is 7.03. The van der Waals surface area contributed by atoms with Gasteiger partial charge in [0.25, 0.3) is 5.56 Å². The van der Waals surface area contributed by atoms with Crippen LogP contribution in [-0.4, -0.2) is 16.2 Å². The average Bonchev–Trinajstić information content (AvgIpc) is 2.89. The zero-order valence-corrected chi connectivity index (χ0v) is 20.6. The molecule has 0 saturated carbocycles. The number of ether oxygens (including phenoxy) is 1. The van der Waals surface area contributed by atoms with Gasteiger partial charge >= 0.3 is 0 Å². The van der Waals surface area contributed by atoms with E-state index in [9.17, 15) is 4.79 Å². The van der Waals surface area contributed by atoms with Gasteiger partial charge < -0.3 is 4.74 Å². The van der Waals surface area contributed by atoms with E-state index in [-0.39, 0.29) is 5.56 Å². The van der Waals surface area contributed by atoms with Gasteiger partial charge in [0.2, 0.25) is 0 Å². The third-order valence-corrected chi connectivity index (χ3v) is 6.66. The summed E-state index contributed by atoms with van der Waals surface area (Å²) in [4.78, 5) is 18.1. The average molecular weight is 503 g/mol. The number of hydrogen-bond acceptors (Lipinski definition) is 3. The zero-order valence-electron chi connectivity index (χ0n) is 19.1. The summed E-state index contributed by atoms with van der Waals surface area (Å²) in [7, 11) is 0. The molecule has 1 aromatic heterocycles. The maximum atomic E-state index is 13.3. The highest BCUT2D eigenvalue weighted by atomic mass is 35.5. The van der Waals surface area contributed by atoms with Crippen molar-refractivity contribution in [1.82, 2.24) is 9.55 Å². The summed E-state index contributed by atoms with van der Waals surface area (Å²) in [6, 6.07) is 26.7. The number of aromatic nitrogens is 2. The van der Waals surface area contributed by atoms with Gasteiger partial charge in [0.05, 0.1) is 17.5 Å². The molecule has 0 N–H and O–H groups in total. The Morgan fingerprint density at radius 2 is 1.46 bits per heavy atom. The van der Waals surface area contributed by atoms with Crippen molar-refractivity contribution in [2.75, 3.05) is 6.61 Å². The van der Waals surface area contributed by atoms with Crippen LogP contribution in [0.3, 0.4) is 0 Å². The molecule has 0 fully saturated rings. The number of rotatable bonds is 8. The molecule has 0 aliphatic carbocycles. The van der Waals surface area contributed by atoms with E-state index in [1.165, 1.54) is 0 Å². The first-order valence-corrected chi connectivity index (χ1v) is 12.4. The van der Waals surface area contributed by atoms with Crippen molar-refractivity contribution in [3.8, 4) is 17.1 Å². The molecule has 176 valence electrons. The van der Waals surface area contributed by atoms with E-state index >= 15 is 0 Å². The van der Waals surface area contributed by atoms with Gasteiger partial charge in [-0.3, -0.25) is 9.36 Å². The molecule has 0 atom stereocenters. The summed E-state index contributed by atoms with van der Waals surface area (Å²) in [6.07, 6.45) is 2.64. The van der Waals surface area contributed by atoms with Gasteiger partial charge in [0, 0.05) is 32.9 Å². The lowest BCUT2D eigenvalue weighted by molar-refractivity contribution is 0.307. The first kappa shape index (κ1) is 23.4. The highest BCUT2D eigenvalue weighted by Gasteiger charge is 2.13. The fourth-order valence-electron chi connectivity index (χ4n) is 4.29. The van der Waals surface area contributed by atoms with Crippen LogP contribution in [0.25, 0.3) is 33.1 Å². The molecule has 0 unspecified atom stereocenters. The smallest absolute Gasteiger partial charge is 0.261 e. The molecular weight excluding hydrogens is 479 g/mol. The van der Waals surface area contributed by atoms with Gasteiger partial charge in [-0.15, -0.1) is 0 Å². The first-order valence-electron chi connectivity index (χ1n) is 11.7. The minimum absolute atomic E-state index is 0.0237. The maximum Gasteiger partial charge on any atom is 0.261 e. The maximum absolute atomic E-state index is 13.3. The molecule has 0 radical (unpaired) electrons. The van der Waals surface area contributed by atoms with E-state index in [4.69, 9.17) is 32.9 Å². The number of unbranched alkanes of at least 4 members (excludes halogenated alkanes) is 2. The fourth-order valence-corrected chi connectivity index (χ4v) is 4.64. The second-order valence-electron chi connectivity index (χ2n) is 8.42. The molecule has 0 bridgehead atoms. The Morgan fingerprint density at radius 3 is 2.26 bits per heavy atom. The molecule has 35 heavy (non-hydrogen) atoms. The summed E-state index contributed by atoms with van der Waals surface area (Å²) in [5.41, 5.74) is 1.54. The number of para-hydroxylation sites is 1. The number of hydrogen-bond donors (Lipinski definition) is 0. The number of halogens is 2. The summed E-state index contributed by atoms with van der Waals surface area (Å²) >= 11 is 12.4. The van der Waals surface area contributed by atoms with Crippen molar-refractivity contribution >= 4 is 44.9 Å². The summed E-state index contributed by atoms with van der Waals surface area (Å²) in [5, 5.41) is 4.00. The van der Waals surface area contributed by atoms with Crippen molar-refractivity contribution in [3.63, 3.8) is 0 Å². The minimum Gasteiger partial charge on any atom is -0.493 e. The van der Waals surface area contributed by atoms with Crippen molar-refractivity contribution < 1.29 is 4.74 Å². The molecule has 0 aliphatic heterocycles. The summed E-state index contributed by atoms with van der Waals surface area (Å²) in [5.74, 6) is 1.50. The number of fused-ring (bicyclic) bond motifs is 2. The van der Waals surface area contributed by atoms with Crippen molar-refractivity contribution in [1.29, 1.82) is 0 Å². The summed E-state index contributed by atoms with van der Waals surface area (Å²) < 4.78 is 7.84. The Hall–Kier alpha value is -3.34. The lowest BCUT2D eigenvalue weighted by Crippen LogP contribution is -2.23. The molecule has 0 aliphatic rings. The third-order valence-electron chi connectivity index (χ3n) is 6.08. The van der Waals surface area contributed by atoms with E-state index in [2.05, 4.69) is 0 Å². The van der Waals surface area contributed by atoms with Crippen LogP contribution in [0.1, 0.15) is 19.3 Å². The van der Waals surface area contributed by atoms with Crippen LogP contribution in [-0.2, 0) is 6.54 Å². The van der Waals surface area contributed by atoms with E-state index in [0.717, 1.165) is 46.4 Å². The van der Waals surface area contributed by atoms with Gasteiger partial charge in [-0.2, -0.15) is 0 Å². The molecule has 5 aromatic rings.